The Labute approximate surface area is 131 Å². The van der Waals surface area contributed by atoms with Crippen LogP contribution in [0.4, 0.5) is 0 Å². The summed E-state index contributed by atoms with van der Waals surface area (Å²) in [6.07, 6.45) is 5.19. The topological polar surface area (TPSA) is 37.8 Å². The third-order valence-corrected chi connectivity index (χ3v) is 6.47. The molecule has 0 aromatic carbocycles. The van der Waals surface area contributed by atoms with Crippen molar-refractivity contribution in [1.82, 2.24) is 15.5 Å². The molecule has 5 heteroatoms. The molecule has 3 unspecified atom stereocenters. The normalized spacial score (nSPS) is 27.1. The van der Waals surface area contributed by atoms with Crippen molar-refractivity contribution in [3.05, 3.63) is 5.01 Å². The van der Waals surface area contributed by atoms with Gasteiger partial charge in [-0.2, -0.15) is 0 Å². The fourth-order valence-corrected chi connectivity index (χ4v) is 5.34. The van der Waals surface area contributed by atoms with Crippen LogP contribution in [0.5, 0.6) is 0 Å². The number of nitrogens with one attached hydrogen (secondary N) is 1. The van der Waals surface area contributed by atoms with Crippen molar-refractivity contribution in [3.63, 3.8) is 0 Å². The summed E-state index contributed by atoms with van der Waals surface area (Å²) < 4.78 is 1.14. The number of thioether (sulfide) groups is 1. The molecule has 0 saturated heterocycles. The Morgan fingerprint density at radius 1 is 1.35 bits per heavy atom. The molecule has 1 aromatic heterocycles. The minimum absolute atomic E-state index is 0.638. The Bertz CT molecular complexity index is 406. The minimum atomic E-state index is 0.638. The molecule has 1 N–H and O–H groups in total. The van der Waals surface area contributed by atoms with Crippen LogP contribution in [0.2, 0.25) is 0 Å². The molecule has 20 heavy (non-hydrogen) atoms. The van der Waals surface area contributed by atoms with Gasteiger partial charge in [-0.25, -0.2) is 0 Å². The fourth-order valence-electron chi connectivity index (χ4n) is 2.91. The molecule has 1 fully saturated rings. The van der Waals surface area contributed by atoms with Crippen molar-refractivity contribution in [2.45, 2.75) is 69.0 Å². The predicted molar refractivity (Wildman–Crippen MR) is 88.6 cm³/mol. The van der Waals surface area contributed by atoms with E-state index in [4.69, 9.17) is 0 Å². The van der Waals surface area contributed by atoms with Gasteiger partial charge in [-0.3, -0.25) is 0 Å². The number of nitrogens with zero attached hydrogens (tertiary/aromatic N) is 2. The summed E-state index contributed by atoms with van der Waals surface area (Å²) in [7, 11) is 0. The zero-order chi connectivity index (χ0) is 14.5. The summed E-state index contributed by atoms with van der Waals surface area (Å²) in [6, 6.07) is 0.638. The monoisotopic (exact) mass is 313 g/mol. The minimum Gasteiger partial charge on any atom is -0.313 e. The lowest BCUT2D eigenvalue weighted by atomic mass is 9.79. The fraction of sp³-hybridized carbons (Fsp3) is 0.867. The van der Waals surface area contributed by atoms with Gasteiger partial charge in [0.1, 0.15) is 5.01 Å². The molecular weight excluding hydrogens is 286 g/mol. The highest BCUT2D eigenvalue weighted by atomic mass is 32.2. The van der Waals surface area contributed by atoms with E-state index in [0.29, 0.717) is 11.3 Å². The molecular formula is C15H27N3S2. The highest BCUT2D eigenvalue weighted by molar-refractivity contribution is 8.01. The molecule has 114 valence electrons. The van der Waals surface area contributed by atoms with Crippen LogP contribution in [0.25, 0.3) is 0 Å². The van der Waals surface area contributed by atoms with E-state index in [-0.39, 0.29) is 0 Å². The Hall–Kier alpha value is -0.130. The van der Waals surface area contributed by atoms with Crippen molar-refractivity contribution < 1.29 is 0 Å². The summed E-state index contributed by atoms with van der Waals surface area (Å²) in [5.41, 5.74) is 0. The molecule has 1 saturated carbocycles. The second-order valence-corrected chi connectivity index (χ2v) is 8.79. The second-order valence-electron chi connectivity index (χ2n) is 6.12. The largest absolute Gasteiger partial charge is 0.313 e. The van der Waals surface area contributed by atoms with Crippen LogP contribution in [0.1, 0.15) is 51.5 Å². The molecule has 0 aliphatic heterocycles. The summed E-state index contributed by atoms with van der Waals surface area (Å²) in [4.78, 5) is 0. The van der Waals surface area contributed by atoms with Crippen LogP contribution in [0.15, 0.2) is 4.34 Å². The molecule has 0 amide bonds. The van der Waals surface area contributed by atoms with Gasteiger partial charge >= 0.3 is 0 Å². The highest BCUT2D eigenvalue weighted by Crippen LogP contribution is 2.39. The Kier molecular flexibility index (Phi) is 6.30. The van der Waals surface area contributed by atoms with Crippen LogP contribution >= 0.6 is 23.1 Å². The lowest BCUT2D eigenvalue weighted by molar-refractivity contribution is 0.246. The summed E-state index contributed by atoms with van der Waals surface area (Å²) in [5, 5.41) is 13.9. The van der Waals surface area contributed by atoms with Gasteiger partial charge in [0.25, 0.3) is 0 Å². The van der Waals surface area contributed by atoms with E-state index < -0.39 is 0 Å². The van der Waals surface area contributed by atoms with Gasteiger partial charge in [0.15, 0.2) is 4.34 Å². The zero-order valence-corrected chi connectivity index (χ0v) is 14.7. The van der Waals surface area contributed by atoms with E-state index in [1.165, 1.54) is 25.7 Å². The first-order chi connectivity index (χ1) is 9.60. The Morgan fingerprint density at radius 2 is 2.15 bits per heavy atom. The number of hydrogen-bond acceptors (Lipinski definition) is 5. The van der Waals surface area contributed by atoms with E-state index in [9.17, 15) is 0 Å². The van der Waals surface area contributed by atoms with Gasteiger partial charge in [0, 0.05) is 11.3 Å². The third kappa shape index (κ3) is 4.43. The van der Waals surface area contributed by atoms with Crippen molar-refractivity contribution in [2.75, 3.05) is 6.54 Å². The average Bonchev–Trinajstić information content (AvgIpc) is 2.82. The van der Waals surface area contributed by atoms with Gasteiger partial charge in [0.2, 0.25) is 0 Å². The van der Waals surface area contributed by atoms with Gasteiger partial charge < -0.3 is 5.32 Å². The van der Waals surface area contributed by atoms with Gasteiger partial charge in [-0.05, 0) is 51.0 Å². The maximum absolute atomic E-state index is 4.30. The standard InChI is InChI=1S/C15H27N3S2/c1-5-8-16-13-7-6-12(10(2)3)9-14(13)20-15-18-17-11(4)19-15/h10,12-14,16H,5-9H2,1-4H3. The predicted octanol–water partition coefficient (Wildman–Crippen LogP) is 4.13. The Balaban J connectivity index is 2.00. The third-order valence-electron chi connectivity index (χ3n) is 4.19. The van der Waals surface area contributed by atoms with Crippen LogP contribution in [-0.2, 0) is 0 Å². The molecule has 2 rings (SSSR count). The van der Waals surface area contributed by atoms with E-state index in [1.807, 2.05) is 18.7 Å². The number of aryl methyl sites for hydroxylation is 1. The van der Waals surface area contributed by atoms with Gasteiger partial charge in [-0.1, -0.05) is 43.9 Å². The zero-order valence-electron chi connectivity index (χ0n) is 13.1. The summed E-state index contributed by atoms with van der Waals surface area (Å²) in [5.74, 6) is 1.66. The van der Waals surface area contributed by atoms with Crippen LogP contribution in [0, 0.1) is 18.8 Å². The maximum atomic E-state index is 4.30. The van der Waals surface area contributed by atoms with Gasteiger partial charge in [-0.15, -0.1) is 10.2 Å². The van der Waals surface area contributed by atoms with Gasteiger partial charge in [0.05, 0.1) is 0 Å². The molecule has 3 atom stereocenters. The molecule has 1 aliphatic carbocycles. The van der Waals surface area contributed by atoms with Crippen molar-refractivity contribution >= 4 is 23.1 Å². The maximum Gasteiger partial charge on any atom is 0.174 e. The SMILES string of the molecule is CCCNC1CCC(C(C)C)CC1Sc1nnc(C)s1. The summed E-state index contributed by atoms with van der Waals surface area (Å²) >= 11 is 3.68. The molecule has 1 heterocycles. The van der Waals surface area contributed by atoms with E-state index >= 15 is 0 Å². The number of aromatic nitrogens is 2. The molecule has 0 radical (unpaired) electrons. The second kappa shape index (κ2) is 7.76. The van der Waals surface area contributed by atoms with E-state index in [1.54, 1.807) is 11.3 Å². The molecule has 3 nitrogen and oxygen atoms in total. The highest BCUT2D eigenvalue weighted by Gasteiger charge is 2.32. The summed E-state index contributed by atoms with van der Waals surface area (Å²) in [6.45, 7) is 10.1. The smallest absolute Gasteiger partial charge is 0.174 e. The van der Waals surface area contributed by atoms with Crippen molar-refractivity contribution in [3.8, 4) is 0 Å². The van der Waals surface area contributed by atoms with Crippen LogP contribution in [0.3, 0.4) is 0 Å². The quantitative estimate of drug-likeness (QED) is 0.857. The Morgan fingerprint density at radius 3 is 2.75 bits per heavy atom. The van der Waals surface area contributed by atoms with Crippen LogP contribution < -0.4 is 5.32 Å². The van der Waals surface area contributed by atoms with E-state index in [2.05, 4.69) is 36.3 Å². The molecule has 0 spiro atoms. The molecule has 1 aromatic rings. The lowest BCUT2D eigenvalue weighted by Crippen LogP contribution is -2.43. The van der Waals surface area contributed by atoms with Crippen LogP contribution in [-0.4, -0.2) is 28.0 Å². The number of hydrogen-bond donors (Lipinski definition) is 1. The van der Waals surface area contributed by atoms with Crippen molar-refractivity contribution in [1.29, 1.82) is 0 Å². The first-order valence-corrected chi connectivity index (χ1v) is 9.50. The lowest BCUT2D eigenvalue weighted by Gasteiger charge is -2.37. The number of rotatable bonds is 6. The van der Waals surface area contributed by atoms with E-state index in [0.717, 1.165) is 27.7 Å². The average molecular weight is 314 g/mol. The first kappa shape index (κ1) is 16.2. The molecule has 0 bridgehead atoms. The first-order valence-electron chi connectivity index (χ1n) is 7.80. The van der Waals surface area contributed by atoms with Crippen molar-refractivity contribution in [2.24, 2.45) is 11.8 Å². The molecule has 1 aliphatic rings.